The van der Waals surface area contributed by atoms with E-state index in [1.807, 2.05) is 30.3 Å². The van der Waals surface area contributed by atoms with Gasteiger partial charge in [-0.1, -0.05) is 12.1 Å². The summed E-state index contributed by atoms with van der Waals surface area (Å²) in [7, 11) is 0. The molecule has 2 N–H and O–H groups in total. The lowest BCUT2D eigenvalue weighted by Gasteiger charge is -2.07. The number of benzene rings is 2. The first kappa shape index (κ1) is 11.7. The van der Waals surface area contributed by atoms with E-state index in [0.29, 0.717) is 5.75 Å². The van der Waals surface area contributed by atoms with Gasteiger partial charge in [-0.2, -0.15) is 0 Å². The van der Waals surface area contributed by atoms with Crippen molar-refractivity contribution in [1.82, 2.24) is 0 Å². The number of rotatable bonds is 5. The maximum absolute atomic E-state index is 8.67. The third kappa shape index (κ3) is 2.87. The van der Waals surface area contributed by atoms with Gasteiger partial charge in [0.2, 0.25) is 0 Å². The molecule has 0 heterocycles. The lowest BCUT2D eigenvalue weighted by atomic mass is 10.1. The summed E-state index contributed by atoms with van der Waals surface area (Å²) >= 11 is 0. The van der Waals surface area contributed by atoms with Crippen LogP contribution in [-0.2, 0) is 0 Å². The van der Waals surface area contributed by atoms with Crippen LogP contribution in [-0.4, -0.2) is 30.2 Å². The van der Waals surface area contributed by atoms with Crippen molar-refractivity contribution in [3.8, 4) is 11.5 Å². The van der Waals surface area contributed by atoms with Crippen LogP contribution in [0.1, 0.15) is 0 Å². The highest BCUT2D eigenvalue weighted by atomic mass is 16.6. The number of hydrogen-bond acceptors (Lipinski definition) is 4. The molecular formula is C13H14O4. The predicted octanol–water partition coefficient (Wildman–Crippen LogP) is 1.54. The molecule has 0 fully saturated rings. The predicted molar refractivity (Wildman–Crippen MR) is 64.2 cm³/mol. The second-order valence-corrected chi connectivity index (χ2v) is 3.52. The van der Waals surface area contributed by atoms with Gasteiger partial charge in [-0.05, 0) is 35.0 Å². The molecule has 2 rings (SSSR count). The molecule has 0 amide bonds. The van der Waals surface area contributed by atoms with Crippen LogP contribution in [0, 0.1) is 0 Å². The minimum atomic E-state index is -0.330. The van der Waals surface area contributed by atoms with E-state index in [9.17, 15) is 0 Å². The third-order valence-electron chi connectivity index (χ3n) is 2.37. The van der Waals surface area contributed by atoms with Crippen LogP contribution >= 0.6 is 0 Å². The van der Waals surface area contributed by atoms with E-state index in [1.54, 1.807) is 6.07 Å². The van der Waals surface area contributed by atoms with E-state index in [0.717, 1.165) is 16.5 Å². The summed E-state index contributed by atoms with van der Waals surface area (Å²) in [5, 5.41) is 19.4. The number of aliphatic hydroxyl groups excluding tert-OH is 2. The number of ether oxygens (including phenoxy) is 2. The quantitative estimate of drug-likeness (QED) is 0.770. The van der Waals surface area contributed by atoms with E-state index in [4.69, 9.17) is 19.7 Å². The normalized spacial score (nSPS) is 10.5. The second kappa shape index (κ2) is 5.52. The highest BCUT2D eigenvalue weighted by molar-refractivity contribution is 5.85. The van der Waals surface area contributed by atoms with Crippen molar-refractivity contribution in [2.24, 2.45) is 0 Å². The molecule has 2 aromatic carbocycles. The average Bonchev–Trinajstić information content (AvgIpc) is 2.36. The summed E-state index contributed by atoms with van der Waals surface area (Å²) < 4.78 is 10.3. The smallest absolute Gasteiger partial charge is 0.186 e. The molecule has 0 bridgehead atoms. The largest absolute Gasteiger partial charge is 0.491 e. The fourth-order valence-corrected chi connectivity index (χ4v) is 1.62. The van der Waals surface area contributed by atoms with E-state index >= 15 is 0 Å². The Kier molecular flexibility index (Phi) is 3.80. The number of aliphatic hydroxyl groups is 2. The number of hydrogen-bond donors (Lipinski definition) is 2. The van der Waals surface area contributed by atoms with Gasteiger partial charge in [-0.3, -0.25) is 0 Å². The van der Waals surface area contributed by atoms with E-state index < -0.39 is 0 Å². The van der Waals surface area contributed by atoms with Crippen LogP contribution in [0.15, 0.2) is 36.4 Å². The van der Waals surface area contributed by atoms with Crippen molar-refractivity contribution in [2.45, 2.75) is 0 Å². The lowest BCUT2D eigenvalue weighted by Crippen LogP contribution is -2.01. The number of fused-ring (bicyclic) bond motifs is 1. The van der Waals surface area contributed by atoms with E-state index in [1.165, 1.54) is 0 Å². The van der Waals surface area contributed by atoms with Crippen LogP contribution in [0.3, 0.4) is 0 Å². The summed E-state index contributed by atoms with van der Waals surface area (Å²) in [6.07, 6.45) is 0. The van der Waals surface area contributed by atoms with Gasteiger partial charge < -0.3 is 19.7 Å². The van der Waals surface area contributed by atoms with E-state index in [2.05, 4.69) is 0 Å². The van der Waals surface area contributed by atoms with Crippen LogP contribution < -0.4 is 9.47 Å². The second-order valence-electron chi connectivity index (χ2n) is 3.52. The van der Waals surface area contributed by atoms with Gasteiger partial charge in [0.05, 0.1) is 6.61 Å². The summed E-state index contributed by atoms with van der Waals surface area (Å²) in [6.45, 7) is -0.0400. The van der Waals surface area contributed by atoms with Crippen molar-refractivity contribution in [3.63, 3.8) is 0 Å². The molecule has 0 unspecified atom stereocenters. The molecule has 0 aromatic heterocycles. The zero-order valence-electron chi connectivity index (χ0n) is 9.30. The van der Waals surface area contributed by atoms with Crippen molar-refractivity contribution < 1.29 is 19.7 Å². The highest BCUT2D eigenvalue weighted by Crippen LogP contribution is 2.24. The monoisotopic (exact) mass is 234 g/mol. The minimum Gasteiger partial charge on any atom is -0.491 e. The topological polar surface area (TPSA) is 58.9 Å². The molecule has 2 aromatic rings. The summed E-state index contributed by atoms with van der Waals surface area (Å²) in [5.41, 5.74) is 0. The molecule has 4 nitrogen and oxygen atoms in total. The Hall–Kier alpha value is -1.78. The Labute approximate surface area is 99.0 Å². The molecule has 0 aliphatic heterocycles. The molecule has 90 valence electrons. The highest BCUT2D eigenvalue weighted by Gasteiger charge is 1.99. The molecule has 0 radical (unpaired) electrons. The first-order valence-electron chi connectivity index (χ1n) is 5.34. The van der Waals surface area contributed by atoms with Crippen molar-refractivity contribution >= 4 is 10.8 Å². The Bertz CT molecular complexity index is 496. The SMILES string of the molecule is OCCOc1ccc2cc(OCO)ccc2c1. The minimum absolute atomic E-state index is 0.00130. The zero-order valence-corrected chi connectivity index (χ0v) is 9.30. The Morgan fingerprint density at radius 2 is 1.41 bits per heavy atom. The standard InChI is InChI=1S/C13H14O4/c14-5-6-16-12-3-1-11-8-13(17-9-15)4-2-10(11)7-12/h1-4,7-8,14-15H,5-6,9H2. The zero-order chi connectivity index (χ0) is 12.1. The van der Waals surface area contributed by atoms with Crippen LogP contribution in [0.4, 0.5) is 0 Å². The van der Waals surface area contributed by atoms with Gasteiger partial charge in [0, 0.05) is 0 Å². The van der Waals surface area contributed by atoms with Crippen LogP contribution in [0.2, 0.25) is 0 Å². The molecule has 0 saturated carbocycles. The molecule has 0 spiro atoms. The first-order chi connectivity index (χ1) is 8.33. The molecule has 0 aliphatic carbocycles. The molecule has 0 atom stereocenters. The molecule has 4 heteroatoms. The van der Waals surface area contributed by atoms with Gasteiger partial charge >= 0.3 is 0 Å². The summed E-state index contributed by atoms with van der Waals surface area (Å²) in [4.78, 5) is 0. The van der Waals surface area contributed by atoms with Gasteiger partial charge in [0.25, 0.3) is 0 Å². The van der Waals surface area contributed by atoms with Gasteiger partial charge in [-0.15, -0.1) is 0 Å². The van der Waals surface area contributed by atoms with E-state index in [-0.39, 0.29) is 20.0 Å². The molecule has 17 heavy (non-hydrogen) atoms. The maximum Gasteiger partial charge on any atom is 0.186 e. The Morgan fingerprint density at radius 3 is 1.94 bits per heavy atom. The fourth-order valence-electron chi connectivity index (χ4n) is 1.62. The molecule has 0 aliphatic rings. The molecule has 0 saturated heterocycles. The lowest BCUT2D eigenvalue weighted by molar-refractivity contribution is 0.0987. The fraction of sp³-hybridized carbons (Fsp3) is 0.231. The van der Waals surface area contributed by atoms with Gasteiger partial charge in [0.15, 0.2) is 6.79 Å². The Morgan fingerprint density at radius 1 is 0.824 bits per heavy atom. The van der Waals surface area contributed by atoms with Gasteiger partial charge in [-0.25, -0.2) is 0 Å². The van der Waals surface area contributed by atoms with Crippen molar-refractivity contribution in [1.29, 1.82) is 0 Å². The summed E-state index contributed by atoms with van der Waals surface area (Å²) in [6, 6.07) is 11.2. The summed E-state index contributed by atoms with van der Waals surface area (Å²) in [5.74, 6) is 1.35. The maximum atomic E-state index is 8.67. The molecular weight excluding hydrogens is 220 g/mol. The average molecular weight is 234 g/mol. The van der Waals surface area contributed by atoms with Crippen LogP contribution in [0.5, 0.6) is 11.5 Å². The van der Waals surface area contributed by atoms with Crippen molar-refractivity contribution in [3.05, 3.63) is 36.4 Å². The van der Waals surface area contributed by atoms with Crippen LogP contribution in [0.25, 0.3) is 10.8 Å². The van der Waals surface area contributed by atoms with Crippen molar-refractivity contribution in [2.75, 3.05) is 20.0 Å². The first-order valence-corrected chi connectivity index (χ1v) is 5.34. The Balaban J connectivity index is 2.26. The van der Waals surface area contributed by atoms with Gasteiger partial charge in [0.1, 0.15) is 18.1 Å². The third-order valence-corrected chi connectivity index (χ3v) is 2.37.